The van der Waals surface area contributed by atoms with E-state index in [1.807, 2.05) is 12.1 Å². The van der Waals surface area contributed by atoms with Crippen molar-refractivity contribution in [3.05, 3.63) is 63.2 Å². The molecule has 0 aliphatic carbocycles. The summed E-state index contributed by atoms with van der Waals surface area (Å²) in [6.07, 6.45) is 0. The number of halogens is 1. The SMILES string of the molecule is O=C(CSc1nc2ccc([N+](=O)[O-])cc2s1)NCc1cccc(Cl)c1. The number of nitro benzene ring substituents is 1. The van der Waals surface area contributed by atoms with Crippen molar-refractivity contribution in [2.24, 2.45) is 0 Å². The average molecular weight is 394 g/mol. The molecule has 0 atom stereocenters. The van der Waals surface area contributed by atoms with Gasteiger partial charge in [0, 0.05) is 23.7 Å². The van der Waals surface area contributed by atoms with Crippen LogP contribution in [0.25, 0.3) is 10.2 Å². The van der Waals surface area contributed by atoms with Crippen LogP contribution in [0.5, 0.6) is 0 Å². The summed E-state index contributed by atoms with van der Waals surface area (Å²) in [5.74, 6) is 0.109. The molecule has 0 bridgehead atoms. The fraction of sp³-hybridized carbons (Fsp3) is 0.125. The van der Waals surface area contributed by atoms with Crippen LogP contribution in [-0.2, 0) is 11.3 Å². The molecule has 0 unspecified atom stereocenters. The zero-order valence-electron chi connectivity index (χ0n) is 12.8. The Labute approximate surface area is 156 Å². The molecule has 0 saturated carbocycles. The summed E-state index contributed by atoms with van der Waals surface area (Å²) in [6, 6.07) is 11.8. The molecular weight excluding hydrogens is 382 g/mol. The standard InChI is InChI=1S/C16H12ClN3O3S2/c17-11-3-1-2-10(6-11)8-18-15(21)9-24-16-19-13-5-4-12(20(22)23)7-14(13)25-16/h1-7H,8-9H2,(H,18,21). The molecule has 1 amide bonds. The molecule has 9 heteroatoms. The average Bonchev–Trinajstić information content (AvgIpc) is 3.00. The molecule has 6 nitrogen and oxygen atoms in total. The summed E-state index contributed by atoms with van der Waals surface area (Å²) in [5.41, 5.74) is 1.66. The highest BCUT2D eigenvalue weighted by atomic mass is 35.5. The van der Waals surface area contributed by atoms with Gasteiger partial charge in [-0.1, -0.05) is 35.5 Å². The van der Waals surface area contributed by atoms with Crippen molar-refractivity contribution in [3.63, 3.8) is 0 Å². The number of non-ortho nitro benzene ring substituents is 1. The van der Waals surface area contributed by atoms with E-state index in [4.69, 9.17) is 11.6 Å². The lowest BCUT2D eigenvalue weighted by Gasteiger charge is -2.04. The lowest BCUT2D eigenvalue weighted by atomic mass is 10.2. The Morgan fingerprint density at radius 3 is 2.92 bits per heavy atom. The van der Waals surface area contributed by atoms with E-state index in [9.17, 15) is 14.9 Å². The molecule has 1 N–H and O–H groups in total. The number of thioether (sulfide) groups is 1. The Morgan fingerprint density at radius 1 is 1.32 bits per heavy atom. The highest BCUT2D eigenvalue weighted by Gasteiger charge is 2.11. The van der Waals surface area contributed by atoms with Gasteiger partial charge >= 0.3 is 0 Å². The molecule has 1 heterocycles. The predicted molar refractivity (Wildman–Crippen MR) is 100 cm³/mol. The van der Waals surface area contributed by atoms with Gasteiger partial charge in [0.15, 0.2) is 4.34 Å². The molecule has 0 aliphatic rings. The molecule has 25 heavy (non-hydrogen) atoms. The largest absolute Gasteiger partial charge is 0.351 e. The quantitative estimate of drug-likeness (QED) is 0.384. The van der Waals surface area contributed by atoms with Gasteiger partial charge in [-0.25, -0.2) is 4.98 Å². The van der Waals surface area contributed by atoms with Crippen LogP contribution in [0.3, 0.4) is 0 Å². The summed E-state index contributed by atoms with van der Waals surface area (Å²) in [5, 5.41) is 14.3. The number of amides is 1. The van der Waals surface area contributed by atoms with Crippen LogP contribution in [0.2, 0.25) is 5.02 Å². The minimum absolute atomic E-state index is 0.0342. The number of fused-ring (bicyclic) bond motifs is 1. The zero-order chi connectivity index (χ0) is 17.8. The number of hydrogen-bond acceptors (Lipinski definition) is 6. The second-order valence-corrected chi connectivity index (χ2v) is 7.77. The maximum absolute atomic E-state index is 12.0. The third-order valence-corrected chi connectivity index (χ3v) is 5.66. The molecule has 3 rings (SSSR count). The van der Waals surface area contributed by atoms with Gasteiger partial charge in [-0.05, 0) is 23.8 Å². The van der Waals surface area contributed by atoms with Crippen molar-refractivity contribution in [2.75, 3.05) is 5.75 Å². The lowest BCUT2D eigenvalue weighted by molar-refractivity contribution is -0.384. The topological polar surface area (TPSA) is 85.1 Å². The summed E-state index contributed by atoms with van der Waals surface area (Å²) < 4.78 is 1.43. The van der Waals surface area contributed by atoms with E-state index in [0.29, 0.717) is 21.4 Å². The van der Waals surface area contributed by atoms with Crippen LogP contribution in [-0.4, -0.2) is 21.6 Å². The number of nitrogens with zero attached hydrogens (tertiary/aromatic N) is 2. The monoisotopic (exact) mass is 393 g/mol. The molecule has 0 saturated heterocycles. The van der Waals surface area contributed by atoms with Gasteiger partial charge in [0.2, 0.25) is 5.91 Å². The summed E-state index contributed by atoms with van der Waals surface area (Å²) >= 11 is 8.55. The summed E-state index contributed by atoms with van der Waals surface area (Å²) in [6.45, 7) is 0.409. The van der Waals surface area contributed by atoms with E-state index in [0.717, 1.165) is 10.3 Å². The number of carbonyl (C=O) groups excluding carboxylic acids is 1. The van der Waals surface area contributed by atoms with Crippen molar-refractivity contribution in [2.45, 2.75) is 10.9 Å². The van der Waals surface area contributed by atoms with Crippen molar-refractivity contribution < 1.29 is 9.72 Å². The fourth-order valence-electron chi connectivity index (χ4n) is 2.09. The van der Waals surface area contributed by atoms with E-state index >= 15 is 0 Å². The number of carbonyl (C=O) groups is 1. The van der Waals surface area contributed by atoms with Crippen LogP contribution in [0, 0.1) is 10.1 Å². The molecule has 1 aromatic heterocycles. The number of benzene rings is 2. The van der Waals surface area contributed by atoms with Crippen LogP contribution in [0.15, 0.2) is 46.8 Å². The zero-order valence-corrected chi connectivity index (χ0v) is 15.2. The van der Waals surface area contributed by atoms with E-state index < -0.39 is 4.92 Å². The van der Waals surface area contributed by atoms with Crippen molar-refractivity contribution >= 4 is 56.5 Å². The Hall–Kier alpha value is -2.16. The van der Waals surface area contributed by atoms with Gasteiger partial charge in [0.25, 0.3) is 5.69 Å². The lowest BCUT2D eigenvalue weighted by Crippen LogP contribution is -2.24. The minimum atomic E-state index is -0.435. The van der Waals surface area contributed by atoms with Crippen LogP contribution < -0.4 is 5.32 Å². The van der Waals surface area contributed by atoms with Crippen molar-refractivity contribution in [1.29, 1.82) is 0 Å². The highest BCUT2D eigenvalue weighted by molar-refractivity contribution is 8.01. The Morgan fingerprint density at radius 2 is 2.16 bits per heavy atom. The second-order valence-electron chi connectivity index (χ2n) is 5.08. The number of thiazole rings is 1. The first-order valence-corrected chi connectivity index (χ1v) is 9.38. The smallest absolute Gasteiger partial charge is 0.270 e. The number of nitro groups is 1. The fourth-order valence-corrected chi connectivity index (χ4v) is 4.24. The van der Waals surface area contributed by atoms with E-state index in [2.05, 4.69) is 10.3 Å². The van der Waals surface area contributed by atoms with E-state index in [1.54, 1.807) is 18.2 Å². The normalized spacial score (nSPS) is 10.8. The van der Waals surface area contributed by atoms with Crippen LogP contribution >= 0.6 is 34.7 Å². The van der Waals surface area contributed by atoms with Gasteiger partial charge in [-0.3, -0.25) is 14.9 Å². The third-order valence-electron chi connectivity index (χ3n) is 3.27. The van der Waals surface area contributed by atoms with Gasteiger partial charge in [-0.15, -0.1) is 11.3 Å². The minimum Gasteiger partial charge on any atom is -0.351 e. The molecule has 0 spiro atoms. The molecule has 128 valence electrons. The first-order valence-electron chi connectivity index (χ1n) is 7.20. The van der Waals surface area contributed by atoms with Gasteiger partial charge in [0.1, 0.15) is 0 Å². The van der Waals surface area contributed by atoms with Gasteiger partial charge in [0.05, 0.1) is 20.9 Å². The van der Waals surface area contributed by atoms with Gasteiger partial charge in [-0.2, -0.15) is 0 Å². The number of nitrogens with one attached hydrogen (secondary N) is 1. The number of aromatic nitrogens is 1. The molecule has 0 radical (unpaired) electrons. The molecule has 2 aromatic carbocycles. The molecular formula is C16H12ClN3O3S2. The molecule has 3 aromatic rings. The van der Waals surface area contributed by atoms with Crippen LogP contribution in [0.1, 0.15) is 5.56 Å². The predicted octanol–water partition coefficient (Wildman–Crippen LogP) is 4.27. The molecule has 0 aliphatic heterocycles. The highest BCUT2D eigenvalue weighted by Crippen LogP contribution is 2.31. The van der Waals surface area contributed by atoms with Crippen LogP contribution in [0.4, 0.5) is 5.69 Å². The Balaban J connectivity index is 1.56. The third kappa shape index (κ3) is 4.68. The Kier molecular flexibility index (Phi) is 5.52. The molecule has 0 fully saturated rings. The maximum atomic E-state index is 12.0. The first kappa shape index (κ1) is 17.7. The van der Waals surface area contributed by atoms with E-state index in [1.165, 1.54) is 35.2 Å². The second kappa shape index (κ2) is 7.81. The number of hydrogen-bond donors (Lipinski definition) is 1. The maximum Gasteiger partial charge on any atom is 0.270 e. The summed E-state index contributed by atoms with van der Waals surface area (Å²) in [4.78, 5) is 26.7. The first-order chi connectivity index (χ1) is 12.0. The summed E-state index contributed by atoms with van der Waals surface area (Å²) in [7, 11) is 0. The Bertz CT molecular complexity index is 945. The van der Waals surface area contributed by atoms with Gasteiger partial charge < -0.3 is 5.32 Å². The number of rotatable bonds is 6. The van der Waals surface area contributed by atoms with Crippen molar-refractivity contribution in [3.8, 4) is 0 Å². The van der Waals surface area contributed by atoms with Crippen molar-refractivity contribution in [1.82, 2.24) is 10.3 Å². The van der Waals surface area contributed by atoms with E-state index in [-0.39, 0.29) is 17.3 Å².